The highest BCUT2D eigenvalue weighted by Gasteiger charge is 2.41. The Bertz CT molecular complexity index is 845. The lowest BCUT2D eigenvalue weighted by atomic mass is 9.76. The summed E-state index contributed by atoms with van der Waals surface area (Å²) in [4.78, 5) is 39.0. The number of nitrogens with zero attached hydrogens (tertiary/aromatic N) is 1. The van der Waals surface area contributed by atoms with Gasteiger partial charge in [0.05, 0.1) is 6.08 Å². The normalized spacial score (nSPS) is 21.8. The van der Waals surface area contributed by atoms with E-state index in [-0.39, 0.29) is 25.0 Å². The largest absolute Gasteiger partial charge is 0.478 e. The second-order valence-electron chi connectivity index (χ2n) is 7.11. The van der Waals surface area contributed by atoms with Crippen LogP contribution in [0.4, 0.5) is 4.79 Å². The quantitative estimate of drug-likeness (QED) is 0.125. The highest BCUT2D eigenvalue weighted by Crippen LogP contribution is 2.32. The number of carboxylic acids is 2. The first-order valence-corrected chi connectivity index (χ1v) is 9.54. The smallest absolute Gasteiger partial charge is 0.408 e. The van der Waals surface area contributed by atoms with E-state index in [9.17, 15) is 19.5 Å². The molecule has 168 valence electrons. The van der Waals surface area contributed by atoms with E-state index in [1.54, 1.807) is 24.3 Å². The number of amidine groups is 1. The molecule has 0 bridgehead atoms. The molecule has 1 amide bonds. The van der Waals surface area contributed by atoms with Gasteiger partial charge in [-0.05, 0) is 37.2 Å². The number of hydrogen-bond acceptors (Lipinski definition) is 7. The topological polar surface area (TPSA) is 181 Å². The van der Waals surface area contributed by atoms with Gasteiger partial charge < -0.3 is 35.9 Å². The molecule has 1 aromatic rings. The Balaban J connectivity index is 2.15. The summed E-state index contributed by atoms with van der Waals surface area (Å²) in [6.45, 7) is 0.00662. The first-order chi connectivity index (χ1) is 14.8. The monoisotopic (exact) mass is 435 g/mol. The van der Waals surface area contributed by atoms with Gasteiger partial charge in [-0.1, -0.05) is 35.5 Å². The molecule has 11 heteroatoms. The van der Waals surface area contributed by atoms with E-state index in [1.807, 2.05) is 6.07 Å². The SMILES string of the molecule is NC(=NO/C(=C\C(=O)O)C(=O)O)C1(NC(=O)OCc2ccccc2)CCC(CO)CC1. The van der Waals surface area contributed by atoms with Gasteiger partial charge in [0.1, 0.15) is 12.1 Å². The van der Waals surface area contributed by atoms with Crippen molar-refractivity contribution in [3.63, 3.8) is 0 Å². The number of aliphatic carboxylic acids is 2. The molecular formula is C20H25N3O8. The zero-order valence-corrected chi connectivity index (χ0v) is 16.7. The van der Waals surface area contributed by atoms with Gasteiger partial charge >= 0.3 is 18.0 Å². The van der Waals surface area contributed by atoms with Crippen LogP contribution in [0, 0.1) is 5.92 Å². The second kappa shape index (κ2) is 11.0. The number of nitrogens with two attached hydrogens (primary N) is 1. The lowest BCUT2D eigenvalue weighted by Gasteiger charge is -2.39. The van der Waals surface area contributed by atoms with Crippen molar-refractivity contribution in [2.75, 3.05) is 6.61 Å². The predicted molar refractivity (Wildman–Crippen MR) is 108 cm³/mol. The van der Waals surface area contributed by atoms with Gasteiger partial charge in [-0.3, -0.25) is 0 Å². The third-order valence-corrected chi connectivity index (χ3v) is 4.97. The Morgan fingerprint density at radius 1 is 1.19 bits per heavy atom. The molecule has 0 atom stereocenters. The van der Waals surface area contributed by atoms with Crippen molar-refractivity contribution in [3.8, 4) is 0 Å². The summed E-state index contributed by atoms with van der Waals surface area (Å²) in [6, 6.07) is 9.03. The van der Waals surface area contributed by atoms with E-state index in [1.165, 1.54) is 0 Å². The number of nitrogens with one attached hydrogen (secondary N) is 1. The molecule has 0 aromatic heterocycles. The molecule has 0 saturated heterocycles. The van der Waals surface area contributed by atoms with Crippen LogP contribution < -0.4 is 11.1 Å². The molecule has 0 aliphatic heterocycles. The third-order valence-electron chi connectivity index (χ3n) is 4.97. The van der Waals surface area contributed by atoms with Crippen LogP contribution in [0.2, 0.25) is 0 Å². The van der Waals surface area contributed by atoms with Gasteiger partial charge in [-0.25, -0.2) is 14.4 Å². The molecule has 1 aromatic carbocycles. The van der Waals surface area contributed by atoms with Crippen LogP contribution in [0.25, 0.3) is 0 Å². The summed E-state index contributed by atoms with van der Waals surface area (Å²) in [6.07, 6.45) is 1.19. The van der Waals surface area contributed by atoms with E-state index in [0.717, 1.165) is 5.56 Å². The van der Waals surface area contributed by atoms with E-state index < -0.39 is 29.3 Å². The van der Waals surface area contributed by atoms with E-state index in [0.29, 0.717) is 31.8 Å². The number of rotatable bonds is 9. The minimum absolute atomic E-state index is 0.0190. The van der Waals surface area contributed by atoms with Gasteiger partial charge in [-0.15, -0.1) is 0 Å². The molecule has 0 heterocycles. The van der Waals surface area contributed by atoms with Crippen molar-refractivity contribution in [2.45, 2.75) is 37.8 Å². The molecule has 1 fully saturated rings. The molecule has 1 aliphatic carbocycles. The zero-order valence-electron chi connectivity index (χ0n) is 16.7. The molecule has 0 radical (unpaired) electrons. The second-order valence-corrected chi connectivity index (χ2v) is 7.11. The van der Waals surface area contributed by atoms with Crippen molar-refractivity contribution >= 4 is 23.9 Å². The third kappa shape index (κ3) is 7.00. The lowest BCUT2D eigenvalue weighted by molar-refractivity contribution is -0.138. The molecule has 2 rings (SSSR count). The Labute approximate surface area is 178 Å². The number of aliphatic hydroxyl groups excluding tert-OH is 1. The lowest BCUT2D eigenvalue weighted by Crippen LogP contribution is -2.59. The number of benzene rings is 1. The van der Waals surface area contributed by atoms with Gasteiger partial charge in [0, 0.05) is 6.61 Å². The molecular weight excluding hydrogens is 410 g/mol. The highest BCUT2D eigenvalue weighted by molar-refractivity contribution is 5.94. The number of hydrogen-bond donors (Lipinski definition) is 5. The van der Waals surface area contributed by atoms with Crippen molar-refractivity contribution in [1.29, 1.82) is 0 Å². The molecule has 31 heavy (non-hydrogen) atoms. The molecule has 1 saturated carbocycles. The summed E-state index contributed by atoms with van der Waals surface area (Å²) in [7, 11) is 0. The average Bonchev–Trinajstić information content (AvgIpc) is 2.75. The number of oxime groups is 1. The number of amides is 1. The van der Waals surface area contributed by atoms with Gasteiger partial charge in [0.15, 0.2) is 5.84 Å². The maximum atomic E-state index is 12.4. The Kier molecular flexibility index (Phi) is 8.38. The van der Waals surface area contributed by atoms with Crippen molar-refractivity contribution in [2.24, 2.45) is 16.8 Å². The van der Waals surface area contributed by atoms with Crippen LogP contribution in [-0.2, 0) is 25.8 Å². The van der Waals surface area contributed by atoms with Gasteiger partial charge in [0.2, 0.25) is 5.76 Å². The van der Waals surface area contributed by atoms with E-state index in [2.05, 4.69) is 10.5 Å². The standard InChI is InChI=1S/C20H25N3O8/c21-18(23-31-15(17(27)28)10-16(25)26)20(8-6-13(11-24)7-9-20)22-19(29)30-12-14-4-2-1-3-5-14/h1-5,10,13,24H,6-9,11-12H2,(H2,21,23)(H,22,29)(H,25,26)(H,27,28)/b15-10-. The summed E-state index contributed by atoms with van der Waals surface area (Å²) in [5, 5.41) is 33.4. The number of alkyl carbamates (subject to hydrolysis) is 1. The molecule has 6 N–H and O–H groups in total. The summed E-state index contributed by atoms with van der Waals surface area (Å²) in [5.74, 6) is -4.34. The summed E-state index contributed by atoms with van der Waals surface area (Å²) >= 11 is 0. The Hall–Kier alpha value is -3.60. The van der Waals surface area contributed by atoms with Crippen molar-refractivity contribution < 1.29 is 39.3 Å². The van der Waals surface area contributed by atoms with Gasteiger partial charge in [0.25, 0.3) is 0 Å². The molecule has 1 aliphatic rings. The maximum Gasteiger partial charge on any atom is 0.408 e. The average molecular weight is 435 g/mol. The number of aliphatic hydroxyl groups is 1. The number of carbonyl (C=O) groups excluding carboxylic acids is 1. The number of carboxylic acid groups (broad SMARTS) is 2. The van der Waals surface area contributed by atoms with E-state index >= 15 is 0 Å². The first kappa shape index (κ1) is 23.7. The summed E-state index contributed by atoms with van der Waals surface area (Å²) in [5.41, 5.74) is 5.61. The van der Waals surface area contributed by atoms with Crippen LogP contribution in [0.15, 0.2) is 47.3 Å². The molecule has 0 unspecified atom stereocenters. The van der Waals surface area contributed by atoms with Crippen LogP contribution in [0.5, 0.6) is 0 Å². The number of ether oxygens (including phenoxy) is 1. The number of carbonyl (C=O) groups is 3. The Morgan fingerprint density at radius 3 is 2.39 bits per heavy atom. The minimum atomic E-state index is -1.65. The molecule has 0 spiro atoms. The maximum absolute atomic E-state index is 12.4. The first-order valence-electron chi connectivity index (χ1n) is 9.54. The fourth-order valence-electron chi connectivity index (χ4n) is 3.18. The van der Waals surface area contributed by atoms with Crippen LogP contribution in [-0.4, -0.2) is 51.3 Å². The van der Waals surface area contributed by atoms with Crippen LogP contribution >= 0.6 is 0 Å². The van der Waals surface area contributed by atoms with Gasteiger partial charge in [-0.2, -0.15) is 0 Å². The van der Waals surface area contributed by atoms with Crippen LogP contribution in [0.1, 0.15) is 31.2 Å². The predicted octanol–water partition coefficient (Wildman–Crippen LogP) is 1.18. The van der Waals surface area contributed by atoms with Crippen molar-refractivity contribution in [1.82, 2.24) is 5.32 Å². The van der Waals surface area contributed by atoms with E-state index in [4.69, 9.17) is 25.5 Å². The highest BCUT2D eigenvalue weighted by atomic mass is 16.6. The van der Waals surface area contributed by atoms with Crippen molar-refractivity contribution in [3.05, 3.63) is 47.7 Å². The fraction of sp³-hybridized carbons (Fsp3) is 0.400. The molecule has 11 nitrogen and oxygen atoms in total. The fourth-order valence-corrected chi connectivity index (χ4v) is 3.18. The zero-order chi connectivity index (χ0) is 22.9. The summed E-state index contributed by atoms with van der Waals surface area (Å²) < 4.78 is 5.24. The Morgan fingerprint density at radius 2 is 1.84 bits per heavy atom. The minimum Gasteiger partial charge on any atom is -0.478 e. The van der Waals surface area contributed by atoms with Crippen LogP contribution in [0.3, 0.4) is 0 Å².